The lowest BCUT2D eigenvalue weighted by Crippen LogP contribution is -2.17. The fourth-order valence-corrected chi connectivity index (χ4v) is 2.61. The minimum absolute atomic E-state index is 0.0287. The highest BCUT2D eigenvalue weighted by Gasteiger charge is 2.12. The van der Waals surface area contributed by atoms with Crippen LogP contribution in [0.25, 0.3) is 0 Å². The molecule has 1 aliphatic rings. The van der Waals surface area contributed by atoms with Gasteiger partial charge in [0.25, 0.3) is 0 Å². The van der Waals surface area contributed by atoms with Crippen LogP contribution in [-0.2, 0) is 0 Å². The molecule has 1 aromatic rings. The summed E-state index contributed by atoms with van der Waals surface area (Å²) in [6.45, 7) is 1.63. The smallest absolute Gasteiger partial charge is 0.173 e. The van der Waals surface area contributed by atoms with Crippen molar-refractivity contribution in [3.8, 4) is 5.75 Å². The van der Waals surface area contributed by atoms with Gasteiger partial charge in [0.2, 0.25) is 0 Å². The minimum atomic E-state index is 0.0287. The second-order valence-corrected chi connectivity index (χ2v) is 5.05. The zero-order chi connectivity index (χ0) is 13.0. The predicted octanol–water partition coefficient (Wildman–Crippen LogP) is 2.22. The summed E-state index contributed by atoms with van der Waals surface area (Å²) in [7, 11) is 1.54. The summed E-state index contributed by atoms with van der Waals surface area (Å²) in [6, 6.07) is 5.05. The maximum Gasteiger partial charge on any atom is 0.173 e. The van der Waals surface area contributed by atoms with Crippen LogP contribution in [0.5, 0.6) is 5.75 Å². The predicted molar refractivity (Wildman–Crippen MR) is 75.1 cm³/mol. The summed E-state index contributed by atoms with van der Waals surface area (Å²) in [5.74, 6) is 0.956. The average Bonchev–Trinajstić information content (AvgIpc) is 2.89. The fraction of sp³-hybridized carbons (Fsp3) is 0.333. The molecule has 1 aliphatic heterocycles. The highest BCUT2D eigenvalue weighted by atomic mass is 35.5. The number of hydrogen-bond acceptors (Lipinski definition) is 5. The van der Waals surface area contributed by atoms with Crippen molar-refractivity contribution in [3.05, 3.63) is 28.8 Å². The fourth-order valence-electron chi connectivity index (χ4n) is 1.53. The van der Waals surface area contributed by atoms with E-state index in [0.717, 1.165) is 18.3 Å². The number of ether oxygens (including phenoxy) is 1. The van der Waals surface area contributed by atoms with Crippen LogP contribution in [0.4, 0.5) is 0 Å². The number of amidine groups is 1. The van der Waals surface area contributed by atoms with Crippen molar-refractivity contribution in [2.24, 2.45) is 4.99 Å². The molecule has 1 N–H and O–H groups in total. The molecule has 0 aliphatic carbocycles. The van der Waals surface area contributed by atoms with Gasteiger partial charge in [-0.2, -0.15) is 0 Å². The van der Waals surface area contributed by atoms with Gasteiger partial charge in [-0.25, -0.2) is 0 Å². The molecule has 0 spiro atoms. The third kappa shape index (κ3) is 3.17. The summed E-state index contributed by atoms with van der Waals surface area (Å²) < 4.78 is 5.04. The van der Waals surface area contributed by atoms with Crippen LogP contribution in [-0.4, -0.2) is 36.9 Å². The number of Topliss-reactive ketones (excluding diaryl/α,β-unsaturated/α-hetero) is 1. The first-order chi connectivity index (χ1) is 8.70. The largest absolute Gasteiger partial charge is 0.495 e. The van der Waals surface area contributed by atoms with E-state index in [1.165, 1.54) is 11.8 Å². The van der Waals surface area contributed by atoms with E-state index in [2.05, 4.69) is 10.3 Å². The van der Waals surface area contributed by atoms with Crippen LogP contribution in [0, 0.1) is 0 Å². The van der Waals surface area contributed by atoms with Gasteiger partial charge >= 0.3 is 0 Å². The highest BCUT2D eigenvalue weighted by molar-refractivity contribution is 8.14. The van der Waals surface area contributed by atoms with Gasteiger partial charge in [-0.15, -0.1) is 0 Å². The van der Waals surface area contributed by atoms with Gasteiger partial charge in [-0.05, 0) is 18.2 Å². The van der Waals surface area contributed by atoms with Crippen LogP contribution >= 0.6 is 23.4 Å². The summed E-state index contributed by atoms with van der Waals surface area (Å²) in [5, 5.41) is 4.39. The Balaban J connectivity index is 1.98. The Morgan fingerprint density at radius 1 is 1.61 bits per heavy atom. The Morgan fingerprint density at radius 3 is 3.06 bits per heavy atom. The van der Waals surface area contributed by atoms with Crippen molar-refractivity contribution in [3.63, 3.8) is 0 Å². The number of carbonyl (C=O) groups is 1. The lowest BCUT2D eigenvalue weighted by molar-refractivity contribution is 0.102. The van der Waals surface area contributed by atoms with E-state index in [-0.39, 0.29) is 5.78 Å². The first-order valence-corrected chi connectivity index (χ1v) is 6.85. The van der Waals surface area contributed by atoms with Crippen LogP contribution < -0.4 is 10.1 Å². The molecule has 0 amide bonds. The zero-order valence-electron chi connectivity index (χ0n) is 9.90. The van der Waals surface area contributed by atoms with Crippen LogP contribution in [0.15, 0.2) is 23.2 Å². The summed E-state index contributed by atoms with van der Waals surface area (Å²) in [4.78, 5) is 16.2. The van der Waals surface area contributed by atoms with Crippen molar-refractivity contribution >= 4 is 34.3 Å². The lowest BCUT2D eigenvalue weighted by atomic mass is 10.1. The molecule has 6 heteroatoms. The molecule has 96 valence electrons. The quantitative estimate of drug-likeness (QED) is 0.862. The normalized spacial score (nSPS) is 14.0. The van der Waals surface area contributed by atoms with Gasteiger partial charge in [0.1, 0.15) is 5.75 Å². The lowest BCUT2D eigenvalue weighted by Gasteiger charge is -2.05. The number of hydrogen-bond donors (Lipinski definition) is 1. The molecule has 0 fully saturated rings. The number of nitrogens with one attached hydrogen (secondary N) is 1. The number of rotatable bonds is 4. The first kappa shape index (κ1) is 13.2. The van der Waals surface area contributed by atoms with Gasteiger partial charge in [0, 0.05) is 12.1 Å². The van der Waals surface area contributed by atoms with Crippen molar-refractivity contribution in [1.29, 1.82) is 0 Å². The summed E-state index contributed by atoms with van der Waals surface area (Å²) >= 11 is 7.40. The number of carbonyl (C=O) groups excluding carboxylic acids is 1. The minimum Gasteiger partial charge on any atom is -0.495 e. The van der Waals surface area contributed by atoms with Crippen LogP contribution in [0.1, 0.15) is 10.4 Å². The second kappa shape index (κ2) is 6.11. The first-order valence-electron chi connectivity index (χ1n) is 5.48. The van der Waals surface area contributed by atoms with Crippen molar-refractivity contribution in [1.82, 2.24) is 5.32 Å². The maximum atomic E-state index is 12.0. The van der Waals surface area contributed by atoms with Gasteiger partial charge in [0.05, 0.1) is 24.4 Å². The molecule has 0 aromatic heterocycles. The number of aliphatic imine (C=N–C) groups is 1. The second-order valence-electron chi connectivity index (χ2n) is 3.67. The SMILES string of the molecule is COc1ccc(C(=O)CSC2=NCCN2)cc1Cl. The Morgan fingerprint density at radius 2 is 2.44 bits per heavy atom. The summed E-state index contributed by atoms with van der Waals surface area (Å²) in [5.41, 5.74) is 0.590. The standard InChI is InChI=1S/C12H13ClN2O2S/c1-17-11-3-2-8(6-9(11)13)10(16)7-18-12-14-4-5-15-12/h2-3,6H,4-5,7H2,1H3,(H,14,15). The molecular formula is C12H13ClN2O2S. The Hall–Kier alpha value is -1.20. The van der Waals surface area contributed by atoms with Gasteiger partial charge in [-0.3, -0.25) is 9.79 Å². The van der Waals surface area contributed by atoms with Gasteiger partial charge in [-0.1, -0.05) is 23.4 Å². The van der Waals surface area contributed by atoms with E-state index in [0.29, 0.717) is 22.1 Å². The molecule has 0 unspecified atom stereocenters. The molecule has 0 saturated carbocycles. The molecule has 18 heavy (non-hydrogen) atoms. The summed E-state index contributed by atoms with van der Waals surface area (Å²) in [6.07, 6.45) is 0. The number of thioether (sulfide) groups is 1. The monoisotopic (exact) mass is 284 g/mol. The van der Waals surface area contributed by atoms with Crippen LogP contribution in [0.3, 0.4) is 0 Å². The van der Waals surface area contributed by atoms with Gasteiger partial charge in [0.15, 0.2) is 11.0 Å². The number of ketones is 1. The van der Waals surface area contributed by atoms with E-state index in [1.54, 1.807) is 25.3 Å². The van der Waals surface area contributed by atoms with Crippen LogP contribution in [0.2, 0.25) is 5.02 Å². The molecule has 0 radical (unpaired) electrons. The number of benzene rings is 1. The van der Waals surface area contributed by atoms with Crippen molar-refractivity contribution in [2.75, 3.05) is 26.0 Å². The van der Waals surface area contributed by atoms with E-state index in [9.17, 15) is 4.79 Å². The van der Waals surface area contributed by atoms with E-state index >= 15 is 0 Å². The third-order valence-electron chi connectivity index (χ3n) is 2.46. The van der Waals surface area contributed by atoms with Crippen molar-refractivity contribution < 1.29 is 9.53 Å². The van der Waals surface area contributed by atoms with E-state index in [1.807, 2.05) is 0 Å². The number of nitrogens with zero attached hydrogens (tertiary/aromatic N) is 1. The van der Waals surface area contributed by atoms with E-state index < -0.39 is 0 Å². The van der Waals surface area contributed by atoms with E-state index in [4.69, 9.17) is 16.3 Å². The van der Waals surface area contributed by atoms with Gasteiger partial charge < -0.3 is 10.1 Å². The molecule has 2 rings (SSSR count). The Labute approximate surface area is 115 Å². The highest BCUT2D eigenvalue weighted by Crippen LogP contribution is 2.25. The number of methoxy groups -OCH3 is 1. The Kier molecular flexibility index (Phi) is 4.49. The maximum absolute atomic E-state index is 12.0. The molecular weight excluding hydrogens is 272 g/mol. The molecule has 4 nitrogen and oxygen atoms in total. The third-order valence-corrected chi connectivity index (χ3v) is 3.71. The molecule has 1 heterocycles. The zero-order valence-corrected chi connectivity index (χ0v) is 11.5. The van der Waals surface area contributed by atoms with Crippen molar-refractivity contribution in [2.45, 2.75) is 0 Å². The molecule has 1 aromatic carbocycles. The topological polar surface area (TPSA) is 50.7 Å². The Bertz CT molecular complexity index is 491. The number of halogens is 1. The molecule has 0 bridgehead atoms. The average molecular weight is 285 g/mol. The molecule has 0 saturated heterocycles. The molecule has 0 atom stereocenters.